The molecule has 3 aromatic rings. The summed E-state index contributed by atoms with van der Waals surface area (Å²) in [5, 5.41) is 1.11. The van der Waals surface area contributed by atoms with Crippen LogP contribution in [-0.2, 0) is 7.05 Å². The van der Waals surface area contributed by atoms with Crippen LogP contribution >= 0.6 is 0 Å². The van der Waals surface area contributed by atoms with Crippen molar-refractivity contribution in [2.24, 2.45) is 7.05 Å². The Morgan fingerprint density at radius 2 is 1.80 bits per heavy atom. The third-order valence-corrected chi connectivity index (χ3v) is 3.63. The molecule has 0 aliphatic heterocycles. The number of aryl methyl sites for hydroxylation is 1. The van der Waals surface area contributed by atoms with Gasteiger partial charge in [-0.15, -0.1) is 0 Å². The molecule has 0 aliphatic rings. The van der Waals surface area contributed by atoms with Gasteiger partial charge in [0.15, 0.2) is 0 Å². The topological polar surface area (TPSA) is 34.2 Å². The highest BCUT2D eigenvalue weighted by atomic mass is 19.1. The van der Waals surface area contributed by atoms with E-state index in [1.54, 1.807) is 6.07 Å². The number of rotatable bonds is 2. The van der Waals surface area contributed by atoms with Crippen molar-refractivity contribution in [2.45, 2.75) is 0 Å². The molecule has 0 atom stereocenters. The second-order valence-corrected chi connectivity index (χ2v) is 4.87. The van der Waals surface area contributed by atoms with E-state index in [2.05, 4.69) is 16.7 Å². The second kappa shape index (κ2) is 4.56. The van der Waals surface area contributed by atoms with Crippen LogP contribution in [-0.4, -0.2) is 11.6 Å². The fourth-order valence-electron chi connectivity index (χ4n) is 2.54. The van der Waals surface area contributed by atoms with Gasteiger partial charge >= 0.3 is 0 Å². The van der Waals surface area contributed by atoms with Gasteiger partial charge in [-0.3, -0.25) is 0 Å². The monoisotopic (exact) mass is 269 g/mol. The van der Waals surface area contributed by atoms with Crippen LogP contribution in [0.5, 0.6) is 0 Å². The van der Waals surface area contributed by atoms with Crippen LogP contribution in [0.4, 0.5) is 21.5 Å². The van der Waals surface area contributed by atoms with Crippen LogP contribution in [0.15, 0.2) is 48.7 Å². The molecule has 0 unspecified atom stereocenters. The lowest BCUT2D eigenvalue weighted by Crippen LogP contribution is -2.12. The van der Waals surface area contributed by atoms with Crippen molar-refractivity contribution in [3.8, 4) is 0 Å². The highest BCUT2D eigenvalue weighted by Gasteiger charge is 2.15. The number of nitrogen functional groups attached to an aromatic ring is 1. The van der Waals surface area contributed by atoms with Crippen LogP contribution in [0, 0.1) is 5.82 Å². The number of aromatic nitrogens is 1. The summed E-state index contributed by atoms with van der Waals surface area (Å²) in [5.41, 5.74) is 8.81. The molecule has 3 rings (SSSR count). The first-order chi connectivity index (χ1) is 9.59. The SMILES string of the molecule is CN(c1cccc(F)c1N)c1cn(C)c2ccccc12. The summed E-state index contributed by atoms with van der Waals surface area (Å²) in [7, 11) is 3.89. The third kappa shape index (κ3) is 1.81. The quantitative estimate of drug-likeness (QED) is 0.720. The number of anilines is 3. The molecule has 1 heterocycles. The largest absolute Gasteiger partial charge is 0.395 e. The van der Waals surface area contributed by atoms with Gasteiger partial charge in [0, 0.05) is 31.2 Å². The smallest absolute Gasteiger partial charge is 0.148 e. The van der Waals surface area contributed by atoms with E-state index in [9.17, 15) is 4.39 Å². The zero-order valence-electron chi connectivity index (χ0n) is 11.5. The molecule has 0 bridgehead atoms. The Morgan fingerprint density at radius 3 is 2.60 bits per heavy atom. The van der Waals surface area contributed by atoms with Crippen LogP contribution in [0.1, 0.15) is 0 Å². The number of fused-ring (bicyclic) bond motifs is 1. The van der Waals surface area contributed by atoms with Crippen molar-refractivity contribution in [1.29, 1.82) is 0 Å². The van der Waals surface area contributed by atoms with Gasteiger partial charge in [0.1, 0.15) is 5.82 Å². The number of nitrogens with zero attached hydrogens (tertiary/aromatic N) is 2. The van der Waals surface area contributed by atoms with Gasteiger partial charge in [0.05, 0.1) is 17.1 Å². The Hall–Kier alpha value is -2.49. The summed E-state index contributed by atoms with van der Waals surface area (Å²) in [6.45, 7) is 0. The summed E-state index contributed by atoms with van der Waals surface area (Å²) in [4.78, 5) is 1.92. The maximum absolute atomic E-state index is 13.6. The fourth-order valence-corrected chi connectivity index (χ4v) is 2.54. The predicted molar refractivity (Wildman–Crippen MR) is 81.8 cm³/mol. The van der Waals surface area contributed by atoms with Crippen molar-refractivity contribution < 1.29 is 4.39 Å². The molecule has 4 heteroatoms. The summed E-state index contributed by atoms with van der Waals surface area (Å²) in [6, 6.07) is 13.0. The number of hydrogen-bond acceptors (Lipinski definition) is 2. The van der Waals surface area contributed by atoms with Crippen molar-refractivity contribution in [1.82, 2.24) is 4.57 Å². The number of nitrogens with two attached hydrogens (primary N) is 1. The highest BCUT2D eigenvalue weighted by Crippen LogP contribution is 2.35. The molecule has 2 aromatic carbocycles. The molecular formula is C16H16FN3. The van der Waals surface area contributed by atoms with E-state index < -0.39 is 5.82 Å². The van der Waals surface area contributed by atoms with Crippen LogP contribution in [0.3, 0.4) is 0 Å². The molecule has 0 amide bonds. The van der Waals surface area contributed by atoms with Gasteiger partial charge in [-0.1, -0.05) is 24.3 Å². The van der Waals surface area contributed by atoms with Crippen molar-refractivity contribution in [3.05, 3.63) is 54.5 Å². The molecule has 0 radical (unpaired) electrons. The van der Waals surface area contributed by atoms with E-state index in [1.165, 1.54) is 6.07 Å². The lowest BCUT2D eigenvalue weighted by molar-refractivity contribution is 0.632. The number of benzene rings is 2. The fraction of sp³-hybridized carbons (Fsp3) is 0.125. The van der Waals surface area contributed by atoms with Crippen molar-refractivity contribution >= 4 is 28.0 Å². The number of halogens is 1. The normalized spacial score (nSPS) is 10.9. The molecule has 20 heavy (non-hydrogen) atoms. The molecule has 0 spiro atoms. The van der Waals surface area contributed by atoms with E-state index >= 15 is 0 Å². The van der Waals surface area contributed by atoms with Gasteiger partial charge in [-0.25, -0.2) is 4.39 Å². The average molecular weight is 269 g/mol. The van der Waals surface area contributed by atoms with E-state index in [0.29, 0.717) is 5.69 Å². The lowest BCUT2D eigenvalue weighted by Gasteiger charge is -2.20. The van der Waals surface area contributed by atoms with Crippen molar-refractivity contribution in [2.75, 3.05) is 17.7 Å². The molecule has 102 valence electrons. The van der Waals surface area contributed by atoms with Crippen LogP contribution < -0.4 is 10.6 Å². The van der Waals surface area contributed by atoms with E-state index in [4.69, 9.17) is 5.73 Å². The zero-order chi connectivity index (χ0) is 14.3. The molecule has 0 saturated heterocycles. The molecule has 3 nitrogen and oxygen atoms in total. The molecular weight excluding hydrogens is 253 g/mol. The summed E-state index contributed by atoms with van der Waals surface area (Å²) >= 11 is 0. The first-order valence-electron chi connectivity index (χ1n) is 6.41. The summed E-state index contributed by atoms with van der Waals surface area (Å²) in [5.74, 6) is -0.394. The van der Waals surface area contributed by atoms with Gasteiger partial charge in [0.25, 0.3) is 0 Å². The number of hydrogen-bond donors (Lipinski definition) is 1. The minimum Gasteiger partial charge on any atom is -0.395 e. The van der Waals surface area contributed by atoms with E-state index in [-0.39, 0.29) is 5.69 Å². The Kier molecular flexibility index (Phi) is 2.86. The first-order valence-corrected chi connectivity index (χ1v) is 6.41. The molecule has 1 aromatic heterocycles. The maximum Gasteiger partial charge on any atom is 0.148 e. The van der Waals surface area contributed by atoms with Gasteiger partial charge in [0.2, 0.25) is 0 Å². The summed E-state index contributed by atoms with van der Waals surface area (Å²) < 4.78 is 15.7. The Balaban J connectivity index is 2.18. The van der Waals surface area contributed by atoms with Gasteiger partial charge < -0.3 is 15.2 Å². The maximum atomic E-state index is 13.6. The Labute approximate surface area is 117 Å². The molecule has 2 N–H and O–H groups in total. The Bertz CT molecular complexity index is 776. The molecule has 0 saturated carbocycles. The standard InChI is InChI=1S/C16H16FN3/c1-19-10-15(11-6-3-4-8-13(11)19)20(2)14-9-5-7-12(17)16(14)18/h3-10H,18H2,1-2H3. The van der Waals surface area contributed by atoms with Crippen LogP contribution in [0.2, 0.25) is 0 Å². The first kappa shape index (κ1) is 12.5. The predicted octanol–water partition coefficient (Wildman–Crippen LogP) is 3.67. The minimum absolute atomic E-state index is 0.169. The highest BCUT2D eigenvalue weighted by molar-refractivity contribution is 5.96. The average Bonchev–Trinajstić information content (AvgIpc) is 2.79. The summed E-state index contributed by atoms with van der Waals surface area (Å²) in [6.07, 6.45) is 2.02. The van der Waals surface area contributed by atoms with Gasteiger partial charge in [-0.05, 0) is 18.2 Å². The molecule has 0 aliphatic carbocycles. The second-order valence-electron chi connectivity index (χ2n) is 4.87. The third-order valence-electron chi connectivity index (χ3n) is 3.63. The van der Waals surface area contributed by atoms with Crippen molar-refractivity contribution in [3.63, 3.8) is 0 Å². The number of para-hydroxylation sites is 2. The zero-order valence-corrected chi connectivity index (χ0v) is 11.5. The Morgan fingerprint density at radius 1 is 1.05 bits per heavy atom. The lowest BCUT2D eigenvalue weighted by atomic mass is 10.2. The van der Waals surface area contributed by atoms with E-state index in [0.717, 1.165) is 16.6 Å². The molecule has 0 fully saturated rings. The van der Waals surface area contributed by atoms with Gasteiger partial charge in [-0.2, -0.15) is 0 Å². The van der Waals surface area contributed by atoms with E-state index in [1.807, 2.05) is 43.4 Å². The van der Waals surface area contributed by atoms with Crippen LogP contribution in [0.25, 0.3) is 10.9 Å². The minimum atomic E-state index is -0.394.